The van der Waals surface area contributed by atoms with Gasteiger partial charge in [-0.25, -0.2) is 0 Å². The van der Waals surface area contributed by atoms with Crippen LogP contribution in [0.3, 0.4) is 0 Å². The number of benzene rings is 2. The molecular formula is C20H18N2O2S. The number of carbonyl (C=O) groups is 1. The number of terminal acetylenes is 1. The van der Waals surface area contributed by atoms with E-state index in [1.807, 2.05) is 54.8 Å². The van der Waals surface area contributed by atoms with Gasteiger partial charge in [0.2, 0.25) is 0 Å². The molecule has 126 valence electrons. The van der Waals surface area contributed by atoms with Crippen molar-refractivity contribution >= 4 is 27.5 Å². The number of fused-ring (bicyclic) bond motifs is 1. The standard InChI is InChI=1S/C20H18N2O2S/c1-4-12-22-17-11-10-15(24-5-2)13-18(17)25-20(22)21-19(23)16-9-7-6-8-14(16)3/h1,6-11,13H,5,12H2,2-3H3. The molecule has 0 saturated heterocycles. The summed E-state index contributed by atoms with van der Waals surface area (Å²) in [5.74, 6) is 3.16. The summed E-state index contributed by atoms with van der Waals surface area (Å²) < 4.78 is 8.41. The normalized spacial score (nSPS) is 11.5. The number of carbonyl (C=O) groups excluding carboxylic acids is 1. The van der Waals surface area contributed by atoms with Crippen LogP contribution in [0.4, 0.5) is 0 Å². The van der Waals surface area contributed by atoms with Crippen LogP contribution in [-0.2, 0) is 6.54 Å². The number of hydrogen-bond acceptors (Lipinski definition) is 3. The summed E-state index contributed by atoms with van der Waals surface area (Å²) in [5, 5.41) is 0. The number of aryl methyl sites for hydroxylation is 1. The second-order valence-electron chi connectivity index (χ2n) is 5.47. The second kappa shape index (κ2) is 7.37. The summed E-state index contributed by atoms with van der Waals surface area (Å²) in [6.07, 6.45) is 5.51. The third-order valence-electron chi connectivity index (χ3n) is 3.79. The van der Waals surface area contributed by atoms with E-state index >= 15 is 0 Å². The first-order chi connectivity index (χ1) is 12.1. The minimum Gasteiger partial charge on any atom is -0.494 e. The Morgan fingerprint density at radius 1 is 1.32 bits per heavy atom. The Bertz CT molecular complexity index is 1040. The van der Waals surface area contributed by atoms with Crippen molar-refractivity contribution in [3.63, 3.8) is 0 Å². The zero-order valence-corrected chi connectivity index (χ0v) is 15.0. The van der Waals surface area contributed by atoms with Crippen LogP contribution in [0.2, 0.25) is 0 Å². The van der Waals surface area contributed by atoms with Crippen molar-refractivity contribution in [1.29, 1.82) is 0 Å². The summed E-state index contributed by atoms with van der Waals surface area (Å²) in [6.45, 7) is 4.80. The number of thiazole rings is 1. The number of nitrogens with zero attached hydrogens (tertiary/aromatic N) is 2. The van der Waals surface area contributed by atoms with Crippen LogP contribution >= 0.6 is 11.3 Å². The topological polar surface area (TPSA) is 43.6 Å². The lowest BCUT2D eigenvalue weighted by atomic mass is 10.1. The maximum Gasteiger partial charge on any atom is 0.279 e. The average Bonchev–Trinajstić information content (AvgIpc) is 2.92. The minimum absolute atomic E-state index is 0.263. The van der Waals surface area contributed by atoms with E-state index in [-0.39, 0.29) is 5.91 Å². The van der Waals surface area contributed by atoms with Gasteiger partial charge in [-0.2, -0.15) is 4.99 Å². The summed E-state index contributed by atoms with van der Waals surface area (Å²) in [6, 6.07) is 13.2. The fraction of sp³-hybridized carbons (Fsp3) is 0.200. The lowest BCUT2D eigenvalue weighted by Crippen LogP contribution is -2.16. The summed E-state index contributed by atoms with van der Waals surface area (Å²) in [5.41, 5.74) is 2.45. The Morgan fingerprint density at radius 3 is 2.84 bits per heavy atom. The molecule has 2 aromatic carbocycles. The minimum atomic E-state index is -0.263. The predicted octanol–water partition coefficient (Wildman–Crippen LogP) is 3.78. The molecule has 25 heavy (non-hydrogen) atoms. The SMILES string of the molecule is C#CCn1c(=NC(=O)c2ccccc2C)sc2cc(OCC)ccc21. The van der Waals surface area contributed by atoms with Crippen molar-refractivity contribution in [2.24, 2.45) is 4.99 Å². The van der Waals surface area contributed by atoms with Gasteiger partial charge in [0.25, 0.3) is 5.91 Å². The number of ether oxygens (including phenoxy) is 1. The molecule has 0 aliphatic heterocycles. The Balaban J connectivity index is 2.14. The molecule has 0 aliphatic carbocycles. The first-order valence-corrected chi connectivity index (χ1v) is 8.80. The molecule has 1 heterocycles. The molecule has 0 saturated carbocycles. The van der Waals surface area contributed by atoms with Crippen LogP contribution in [0.5, 0.6) is 5.75 Å². The zero-order valence-electron chi connectivity index (χ0n) is 14.2. The molecule has 3 rings (SSSR count). The van der Waals surface area contributed by atoms with Crippen LogP contribution < -0.4 is 9.54 Å². The third-order valence-corrected chi connectivity index (χ3v) is 4.83. The first kappa shape index (κ1) is 17.0. The molecule has 1 amide bonds. The molecule has 0 radical (unpaired) electrons. The maximum atomic E-state index is 12.6. The predicted molar refractivity (Wildman–Crippen MR) is 101 cm³/mol. The molecule has 0 aliphatic rings. The van der Waals surface area contributed by atoms with Crippen LogP contribution in [0, 0.1) is 19.3 Å². The van der Waals surface area contributed by atoms with E-state index in [0.717, 1.165) is 21.5 Å². The van der Waals surface area contributed by atoms with Gasteiger partial charge < -0.3 is 9.30 Å². The second-order valence-corrected chi connectivity index (χ2v) is 6.48. The van der Waals surface area contributed by atoms with E-state index in [9.17, 15) is 4.79 Å². The lowest BCUT2D eigenvalue weighted by Gasteiger charge is -2.03. The first-order valence-electron chi connectivity index (χ1n) is 7.98. The summed E-state index contributed by atoms with van der Waals surface area (Å²) >= 11 is 1.43. The Labute approximate surface area is 150 Å². The monoisotopic (exact) mass is 350 g/mol. The van der Waals surface area contributed by atoms with Crippen LogP contribution in [0.25, 0.3) is 10.2 Å². The average molecular weight is 350 g/mol. The summed E-state index contributed by atoms with van der Waals surface area (Å²) in [7, 11) is 0. The van der Waals surface area contributed by atoms with Gasteiger partial charge in [0, 0.05) is 5.56 Å². The lowest BCUT2D eigenvalue weighted by molar-refractivity contribution is 0.0997. The maximum absolute atomic E-state index is 12.6. The molecule has 3 aromatic rings. The fourth-order valence-electron chi connectivity index (χ4n) is 2.60. The van der Waals surface area contributed by atoms with Gasteiger partial charge in [0.1, 0.15) is 5.75 Å². The van der Waals surface area contributed by atoms with Crippen molar-refractivity contribution in [2.45, 2.75) is 20.4 Å². The highest BCUT2D eigenvalue weighted by atomic mass is 32.1. The van der Waals surface area contributed by atoms with E-state index in [4.69, 9.17) is 11.2 Å². The molecule has 0 fully saturated rings. The number of aromatic nitrogens is 1. The smallest absolute Gasteiger partial charge is 0.279 e. The van der Waals surface area contributed by atoms with E-state index in [1.165, 1.54) is 11.3 Å². The van der Waals surface area contributed by atoms with Crippen molar-refractivity contribution in [2.75, 3.05) is 6.61 Å². The van der Waals surface area contributed by atoms with Gasteiger partial charge in [-0.3, -0.25) is 4.79 Å². The van der Waals surface area contributed by atoms with Crippen molar-refractivity contribution in [3.05, 3.63) is 58.4 Å². The molecule has 0 spiro atoms. The van der Waals surface area contributed by atoms with Crippen molar-refractivity contribution in [3.8, 4) is 18.1 Å². The largest absolute Gasteiger partial charge is 0.494 e. The van der Waals surface area contributed by atoms with Crippen LogP contribution in [0.15, 0.2) is 47.5 Å². The van der Waals surface area contributed by atoms with Crippen LogP contribution in [-0.4, -0.2) is 17.1 Å². The van der Waals surface area contributed by atoms with E-state index in [1.54, 1.807) is 6.07 Å². The molecule has 0 bridgehead atoms. The molecule has 0 atom stereocenters. The highest BCUT2D eigenvalue weighted by Gasteiger charge is 2.11. The molecule has 4 nitrogen and oxygen atoms in total. The Kier molecular flexibility index (Phi) is 5.01. The molecular weight excluding hydrogens is 332 g/mol. The van der Waals surface area contributed by atoms with Crippen molar-refractivity contribution in [1.82, 2.24) is 4.57 Å². The number of amides is 1. The van der Waals surface area contributed by atoms with Crippen LogP contribution in [0.1, 0.15) is 22.8 Å². The Morgan fingerprint density at radius 2 is 2.12 bits per heavy atom. The van der Waals surface area contributed by atoms with Gasteiger partial charge in [0.05, 0.1) is 23.4 Å². The quantitative estimate of drug-likeness (QED) is 0.672. The van der Waals surface area contributed by atoms with Gasteiger partial charge >= 0.3 is 0 Å². The molecule has 5 heteroatoms. The number of hydrogen-bond donors (Lipinski definition) is 0. The molecule has 0 unspecified atom stereocenters. The summed E-state index contributed by atoms with van der Waals surface area (Å²) in [4.78, 5) is 17.5. The van der Waals surface area contributed by atoms with Gasteiger partial charge in [-0.05, 0) is 43.7 Å². The molecule has 0 N–H and O–H groups in total. The van der Waals surface area contributed by atoms with Gasteiger partial charge in [-0.15, -0.1) is 6.42 Å². The van der Waals surface area contributed by atoms with Gasteiger partial charge in [0.15, 0.2) is 4.80 Å². The van der Waals surface area contributed by atoms with Crippen molar-refractivity contribution < 1.29 is 9.53 Å². The zero-order chi connectivity index (χ0) is 17.8. The van der Waals surface area contributed by atoms with E-state index in [0.29, 0.717) is 23.5 Å². The third kappa shape index (κ3) is 3.49. The Hall–Kier alpha value is -2.84. The number of rotatable bonds is 4. The molecule has 1 aromatic heterocycles. The van der Waals surface area contributed by atoms with Gasteiger partial charge in [-0.1, -0.05) is 35.5 Å². The highest BCUT2D eigenvalue weighted by Crippen LogP contribution is 2.23. The van der Waals surface area contributed by atoms with E-state index in [2.05, 4.69) is 10.9 Å². The highest BCUT2D eigenvalue weighted by molar-refractivity contribution is 7.16. The van der Waals surface area contributed by atoms with E-state index < -0.39 is 0 Å². The fourth-order valence-corrected chi connectivity index (χ4v) is 3.66.